The Morgan fingerprint density at radius 1 is 1.47 bits per heavy atom. The summed E-state index contributed by atoms with van der Waals surface area (Å²) in [6, 6.07) is 6.65. The molecule has 1 aromatic heterocycles. The predicted octanol–water partition coefficient (Wildman–Crippen LogP) is 2.75. The third-order valence-electron chi connectivity index (χ3n) is 2.16. The van der Waals surface area contributed by atoms with Crippen LogP contribution in [0, 0.1) is 0 Å². The van der Waals surface area contributed by atoms with E-state index in [1.165, 1.54) is 12.3 Å². The largest absolute Gasteiger partial charge is 0.478 e. The van der Waals surface area contributed by atoms with Crippen LogP contribution in [0.15, 0.2) is 39.5 Å². The number of benzene rings is 1. The van der Waals surface area contributed by atoms with Crippen molar-refractivity contribution in [3.05, 3.63) is 46.3 Å². The molecule has 2 rings (SSSR count). The Kier molecular flexibility index (Phi) is 3.43. The van der Waals surface area contributed by atoms with E-state index in [1.54, 1.807) is 18.2 Å². The molecule has 0 bridgehead atoms. The average Bonchev–Trinajstić information content (AvgIpc) is 2.78. The van der Waals surface area contributed by atoms with E-state index in [0.717, 1.165) is 4.47 Å². The highest BCUT2D eigenvalue weighted by Gasteiger charge is 2.10. The summed E-state index contributed by atoms with van der Waals surface area (Å²) in [5, 5.41) is 15.8. The second-order valence-electron chi connectivity index (χ2n) is 3.34. The number of anilines is 1. The molecule has 0 spiro atoms. The van der Waals surface area contributed by atoms with Gasteiger partial charge in [-0.05, 0) is 18.2 Å². The first-order valence-corrected chi connectivity index (χ1v) is 5.62. The fraction of sp³-hybridized carbons (Fsp3) is 0.0909. The highest BCUT2D eigenvalue weighted by molar-refractivity contribution is 9.10. The molecule has 17 heavy (non-hydrogen) atoms. The van der Waals surface area contributed by atoms with E-state index in [9.17, 15) is 4.79 Å². The van der Waals surface area contributed by atoms with E-state index >= 15 is 0 Å². The third kappa shape index (κ3) is 2.85. The predicted molar refractivity (Wildman–Crippen MR) is 64.9 cm³/mol. The molecule has 2 N–H and O–H groups in total. The number of carboxylic acid groups (broad SMARTS) is 1. The summed E-state index contributed by atoms with van der Waals surface area (Å²) >= 11 is 3.30. The molecule has 0 aliphatic carbocycles. The lowest BCUT2D eigenvalue weighted by atomic mass is 10.2. The quantitative estimate of drug-likeness (QED) is 0.907. The van der Waals surface area contributed by atoms with E-state index in [4.69, 9.17) is 5.11 Å². The molecule has 0 fully saturated rings. The summed E-state index contributed by atoms with van der Waals surface area (Å²) in [4.78, 5) is 11.0. The zero-order chi connectivity index (χ0) is 12.3. The van der Waals surface area contributed by atoms with Gasteiger partial charge in [-0.15, -0.1) is 0 Å². The molecule has 0 radical (unpaired) electrons. The SMILES string of the molecule is O=C(O)c1ccc(Br)cc1NCc1ccon1. The van der Waals surface area contributed by atoms with Gasteiger partial charge in [-0.1, -0.05) is 21.1 Å². The average molecular weight is 297 g/mol. The number of carboxylic acids is 1. The van der Waals surface area contributed by atoms with Crippen LogP contribution in [0.5, 0.6) is 0 Å². The second-order valence-corrected chi connectivity index (χ2v) is 4.26. The third-order valence-corrected chi connectivity index (χ3v) is 2.66. The van der Waals surface area contributed by atoms with Gasteiger partial charge in [-0.25, -0.2) is 4.79 Å². The van der Waals surface area contributed by atoms with Crippen molar-refractivity contribution >= 4 is 27.6 Å². The molecule has 1 aromatic carbocycles. The van der Waals surface area contributed by atoms with Crippen LogP contribution in [0.1, 0.15) is 16.1 Å². The Labute approximate surface area is 106 Å². The van der Waals surface area contributed by atoms with Gasteiger partial charge in [0.15, 0.2) is 0 Å². The minimum Gasteiger partial charge on any atom is -0.478 e. The number of aromatic nitrogens is 1. The normalized spacial score (nSPS) is 10.2. The number of aromatic carboxylic acids is 1. The molecule has 5 nitrogen and oxygen atoms in total. The number of nitrogens with zero attached hydrogens (tertiary/aromatic N) is 1. The highest BCUT2D eigenvalue weighted by atomic mass is 79.9. The van der Waals surface area contributed by atoms with Gasteiger partial charge < -0.3 is 14.9 Å². The summed E-state index contributed by atoms with van der Waals surface area (Å²) in [5.74, 6) is -0.972. The Balaban J connectivity index is 2.19. The number of hydrogen-bond donors (Lipinski definition) is 2. The fourth-order valence-corrected chi connectivity index (χ4v) is 1.72. The number of halogens is 1. The summed E-state index contributed by atoms with van der Waals surface area (Å²) in [7, 11) is 0. The maximum atomic E-state index is 11.0. The molecule has 6 heteroatoms. The van der Waals surface area contributed by atoms with E-state index in [-0.39, 0.29) is 5.56 Å². The van der Waals surface area contributed by atoms with Gasteiger partial charge in [0.1, 0.15) is 12.0 Å². The van der Waals surface area contributed by atoms with Crippen LogP contribution in [0.3, 0.4) is 0 Å². The van der Waals surface area contributed by atoms with Crippen molar-refractivity contribution < 1.29 is 14.4 Å². The van der Waals surface area contributed by atoms with Crippen LogP contribution in [0.2, 0.25) is 0 Å². The van der Waals surface area contributed by atoms with Crippen LogP contribution >= 0.6 is 15.9 Å². The molecule has 88 valence electrons. The Morgan fingerprint density at radius 2 is 2.29 bits per heavy atom. The highest BCUT2D eigenvalue weighted by Crippen LogP contribution is 2.22. The zero-order valence-electron chi connectivity index (χ0n) is 8.68. The molecule has 2 aromatic rings. The number of rotatable bonds is 4. The maximum absolute atomic E-state index is 11.0. The van der Waals surface area contributed by atoms with Gasteiger partial charge >= 0.3 is 5.97 Å². The smallest absolute Gasteiger partial charge is 0.337 e. The van der Waals surface area contributed by atoms with Crippen LogP contribution in [0.25, 0.3) is 0 Å². The first-order valence-electron chi connectivity index (χ1n) is 4.83. The minimum atomic E-state index is -0.972. The molecule has 0 amide bonds. The van der Waals surface area contributed by atoms with Crippen molar-refractivity contribution in [3.63, 3.8) is 0 Å². The molecule has 0 saturated heterocycles. The van der Waals surface area contributed by atoms with Gasteiger partial charge in [-0.2, -0.15) is 0 Å². The van der Waals surface area contributed by atoms with Gasteiger partial charge in [-0.3, -0.25) is 0 Å². The number of nitrogens with one attached hydrogen (secondary N) is 1. The van der Waals surface area contributed by atoms with Crippen molar-refractivity contribution in [2.75, 3.05) is 5.32 Å². The lowest BCUT2D eigenvalue weighted by Gasteiger charge is -2.08. The van der Waals surface area contributed by atoms with Gasteiger partial charge in [0.05, 0.1) is 17.8 Å². The maximum Gasteiger partial charge on any atom is 0.337 e. The molecule has 0 saturated carbocycles. The first-order chi connectivity index (χ1) is 8.16. The van der Waals surface area contributed by atoms with E-state index in [1.807, 2.05) is 0 Å². The molecule has 0 aliphatic heterocycles. The lowest BCUT2D eigenvalue weighted by molar-refractivity contribution is 0.0698. The number of carbonyl (C=O) groups is 1. The van der Waals surface area contributed by atoms with E-state index in [2.05, 4.69) is 30.9 Å². The van der Waals surface area contributed by atoms with Crippen molar-refractivity contribution in [2.24, 2.45) is 0 Å². The molecule has 0 aliphatic rings. The number of hydrogen-bond acceptors (Lipinski definition) is 4. The van der Waals surface area contributed by atoms with Gasteiger partial charge in [0.2, 0.25) is 0 Å². The van der Waals surface area contributed by atoms with E-state index < -0.39 is 5.97 Å². The molecular weight excluding hydrogens is 288 g/mol. The molecule has 0 unspecified atom stereocenters. The molecular formula is C11H9BrN2O3. The summed E-state index contributed by atoms with van der Waals surface area (Å²) in [6.07, 6.45) is 1.47. The minimum absolute atomic E-state index is 0.219. The standard InChI is InChI=1S/C11H9BrN2O3/c12-7-1-2-9(11(15)16)10(5-7)13-6-8-3-4-17-14-8/h1-5,13H,6H2,(H,15,16). The van der Waals surface area contributed by atoms with Gasteiger partial charge in [0, 0.05) is 10.5 Å². The fourth-order valence-electron chi connectivity index (χ4n) is 1.36. The Bertz CT molecular complexity index is 526. The second kappa shape index (κ2) is 5.01. The zero-order valence-corrected chi connectivity index (χ0v) is 10.3. The summed E-state index contributed by atoms with van der Waals surface area (Å²) in [5.41, 5.74) is 1.47. The van der Waals surface area contributed by atoms with Crippen molar-refractivity contribution in [2.45, 2.75) is 6.54 Å². The van der Waals surface area contributed by atoms with E-state index in [0.29, 0.717) is 17.9 Å². The van der Waals surface area contributed by atoms with Crippen LogP contribution in [-0.4, -0.2) is 16.2 Å². The topological polar surface area (TPSA) is 75.4 Å². The molecule has 1 heterocycles. The Hall–Kier alpha value is -1.82. The van der Waals surface area contributed by atoms with Crippen molar-refractivity contribution in [3.8, 4) is 0 Å². The first kappa shape index (κ1) is 11.7. The Morgan fingerprint density at radius 3 is 2.94 bits per heavy atom. The van der Waals surface area contributed by atoms with Crippen LogP contribution in [-0.2, 0) is 6.54 Å². The van der Waals surface area contributed by atoms with Crippen LogP contribution in [0.4, 0.5) is 5.69 Å². The van der Waals surface area contributed by atoms with Gasteiger partial charge in [0.25, 0.3) is 0 Å². The van der Waals surface area contributed by atoms with Crippen LogP contribution < -0.4 is 5.32 Å². The summed E-state index contributed by atoms with van der Waals surface area (Å²) in [6.45, 7) is 0.410. The monoisotopic (exact) mass is 296 g/mol. The molecule has 0 atom stereocenters. The lowest BCUT2D eigenvalue weighted by Crippen LogP contribution is -2.06. The van der Waals surface area contributed by atoms with Crippen molar-refractivity contribution in [1.29, 1.82) is 0 Å². The van der Waals surface area contributed by atoms with Crippen molar-refractivity contribution in [1.82, 2.24) is 5.16 Å². The summed E-state index contributed by atoms with van der Waals surface area (Å²) < 4.78 is 5.50.